The Morgan fingerprint density at radius 2 is 1.97 bits per heavy atom. The Morgan fingerprint density at radius 3 is 2.71 bits per heavy atom. The monoisotopic (exact) mass is 492 g/mol. The Hall–Kier alpha value is -3.01. The first kappa shape index (κ1) is 25.1. The number of benzene rings is 1. The van der Waals surface area contributed by atoms with E-state index < -0.39 is 0 Å². The SMILES string of the molecule is C#CCNC(=O)c1ccc2c(c1)/C(=C/c1cc3c([nH]1)CCCC3)C(=O)N2CC1CCC(N)CC1.Cl. The predicted octanol–water partition coefficient (Wildman–Crippen LogP) is 4.08. The van der Waals surface area contributed by atoms with Crippen LogP contribution in [0.4, 0.5) is 5.69 Å². The van der Waals surface area contributed by atoms with E-state index in [1.165, 1.54) is 24.1 Å². The number of H-pyrrole nitrogens is 1. The fourth-order valence-corrected chi connectivity index (χ4v) is 5.54. The van der Waals surface area contributed by atoms with Crippen molar-refractivity contribution < 1.29 is 9.59 Å². The Balaban J connectivity index is 0.00000289. The van der Waals surface area contributed by atoms with Gasteiger partial charge in [0.25, 0.3) is 11.8 Å². The number of nitrogens with two attached hydrogens (primary N) is 1. The Labute approximate surface area is 213 Å². The largest absolute Gasteiger partial charge is 0.359 e. The lowest BCUT2D eigenvalue weighted by Gasteiger charge is -2.29. The summed E-state index contributed by atoms with van der Waals surface area (Å²) >= 11 is 0. The number of aryl methyl sites for hydroxylation is 2. The molecule has 0 atom stereocenters. The van der Waals surface area contributed by atoms with Gasteiger partial charge in [0.1, 0.15) is 0 Å². The van der Waals surface area contributed by atoms with Crippen molar-refractivity contribution >= 4 is 41.6 Å². The van der Waals surface area contributed by atoms with Crippen LogP contribution in [-0.2, 0) is 17.6 Å². The molecule has 2 amide bonds. The van der Waals surface area contributed by atoms with Crippen LogP contribution in [0.15, 0.2) is 24.3 Å². The van der Waals surface area contributed by atoms with Crippen molar-refractivity contribution in [3.05, 3.63) is 52.3 Å². The normalized spacial score (nSPS) is 22.2. The zero-order valence-corrected chi connectivity index (χ0v) is 20.8. The molecule has 2 aromatic rings. The van der Waals surface area contributed by atoms with Crippen LogP contribution in [0.25, 0.3) is 11.6 Å². The van der Waals surface area contributed by atoms with Crippen molar-refractivity contribution in [1.82, 2.24) is 10.3 Å². The molecule has 6 nitrogen and oxygen atoms in total. The Kier molecular flexibility index (Phi) is 7.69. The molecule has 0 unspecified atom stereocenters. The van der Waals surface area contributed by atoms with Crippen molar-refractivity contribution in [3.63, 3.8) is 0 Å². The highest BCUT2D eigenvalue weighted by Crippen LogP contribution is 2.40. The fourth-order valence-electron chi connectivity index (χ4n) is 5.54. The molecule has 7 heteroatoms. The third-order valence-electron chi connectivity index (χ3n) is 7.43. The predicted molar refractivity (Wildman–Crippen MR) is 142 cm³/mol. The average molecular weight is 493 g/mol. The van der Waals surface area contributed by atoms with Gasteiger partial charge in [0.05, 0.1) is 17.8 Å². The van der Waals surface area contributed by atoms with Gasteiger partial charge < -0.3 is 20.9 Å². The molecule has 0 saturated heterocycles. The van der Waals surface area contributed by atoms with Crippen LogP contribution in [0.2, 0.25) is 0 Å². The molecule has 1 aromatic carbocycles. The average Bonchev–Trinajstić information content (AvgIpc) is 3.37. The summed E-state index contributed by atoms with van der Waals surface area (Å²) in [6.45, 7) is 0.848. The van der Waals surface area contributed by atoms with Crippen LogP contribution < -0.4 is 16.0 Å². The second-order valence-electron chi connectivity index (χ2n) is 9.81. The second-order valence-corrected chi connectivity index (χ2v) is 9.81. The van der Waals surface area contributed by atoms with Gasteiger partial charge in [0, 0.05) is 35.1 Å². The van der Waals surface area contributed by atoms with Gasteiger partial charge in [-0.25, -0.2) is 0 Å². The van der Waals surface area contributed by atoms with Gasteiger partial charge in [-0.3, -0.25) is 9.59 Å². The van der Waals surface area contributed by atoms with Crippen molar-refractivity contribution in [2.45, 2.75) is 57.4 Å². The van der Waals surface area contributed by atoms with E-state index in [0.717, 1.165) is 55.5 Å². The van der Waals surface area contributed by atoms with Gasteiger partial charge in [-0.1, -0.05) is 5.92 Å². The Bertz CT molecular complexity index is 1160. The molecular formula is C28H33ClN4O2. The van der Waals surface area contributed by atoms with E-state index in [4.69, 9.17) is 12.2 Å². The van der Waals surface area contributed by atoms with Crippen molar-refractivity contribution in [3.8, 4) is 12.3 Å². The van der Waals surface area contributed by atoms with E-state index >= 15 is 0 Å². The minimum absolute atomic E-state index is 0. The summed E-state index contributed by atoms with van der Waals surface area (Å²) in [7, 11) is 0. The van der Waals surface area contributed by atoms with Crippen LogP contribution in [0.1, 0.15) is 71.4 Å². The summed E-state index contributed by atoms with van der Waals surface area (Å²) in [4.78, 5) is 31.7. The number of nitrogens with one attached hydrogen (secondary N) is 2. The van der Waals surface area contributed by atoms with E-state index in [9.17, 15) is 9.59 Å². The number of carbonyl (C=O) groups is 2. The lowest BCUT2D eigenvalue weighted by Crippen LogP contribution is -2.36. The number of amides is 2. The summed E-state index contributed by atoms with van der Waals surface area (Å²) in [5, 5.41) is 2.72. The number of hydrogen-bond donors (Lipinski definition) is 3. The smallest absolute Gasteiger partial charge is 0.259 e. The van der Waals surface area contributed by atoms with Gasteiger partial charge in [-0.15, -0.1) is 18.8 Å². The maximum absolute atomic E-state index is 13.7. The second kappa shape index (κ2) is 10.7. The highest BCUT2D eigenvalue weighted by molar-refractivity contribution is 6.36. The van der Waals surface area contributed by atoms with Gasteiger partial charge in [0.15, 0.2) is 0 Å². The van der Waals surface area contributed by atoms with Gasteiger partial charge in [-0.2, -0.15) is 0 Å². The molecule has 184 valence electrons. The van der Waals surface area contributed by atoms with E-state index in [1.54, 1.807) is 6.07 Å². The molecule has 0 bridgehead atoms. The molecule has 3 aliphatic rings. The number of hydrogen-bond acceptors (Lipinski definition) is 3. The molecular weight excluding hydrogens is 460 g/mol. The summed E-state index contributed by atoms with van der Waals surface area (Å²) in [5.74, 6) is 2.63. The number of terminal acetylenes is 1. The maximum atomic E-state index is 13.7. The highest BCUT2D eigenvalue weighted by Gasteiger charge is 2.35. The number of aromatic amines is 1. The van der Waals surface area contributed by atoms with Gasteiger partial charge in [0.2, 0.25) is 0 Å². The molecule has 1 fully saturated rings. The molecule has 0 radical (unpaired) electrons. The molecule has 35 heavy (non-hydrogen) atoms. The summed E-state index contributed by atoms with van der Waals surface area (Å²) < 4.78 is 0. The first-order valence-electron chi connectivity index (χ1n) is 12.4. The lowest BCUT2D eigenvalue weighted by molar-refractivity contribution is -0.113. The van der Waals surface area contributed by atoms with Crippen molar-refractivity contribution in [2.24, 2.45) is 11.7 Å². The molecule has 1 saturated carbocycles. The topological polar surface area (TPSA) is 91.2 Å². The van der Waals surface area contributed by atoms with Crippen LogP contribution in [0, 0.1) is 18.3 Å². The number of rotatable bonds is 5. The summed E-state index contributed by atoms with van der Waals surface area (Å²) in [5.41, 5.74) is 12.5. The van der Waals surface area contributed by atoms with E-state index in [-0.39, 0.29) is 36.8 Å². The number of fused-ring (bicyclic) bond motifs is 2. The third-order valence-corrected chi connectivity index (χ3v) is 7.43. The first-order chi connectivity index (χ1) is 16.5. The zero-order chi connectivity index (χ0) is 23.7. The third kappa shape index (κ3) is 5.17. The number of halogens is 1. The van der Waals surface area contributed by atoms with E-state index in [0.29, 0.717) is 23.6 Å². The van der Waals surface area contributed by atoms with Gasteiger partial charge >= 0.3 is 0 Å². The first-order valence-corrected chi connectivity index (χ1v) is 12.4. The van der Waals surface area contributed by atoms with Crippen LogP contribution in [0.5, 0.6) is 0 Å². The molecule has 2 heterocycles. The molecule has 4 N–H and O–H groups in total. The fraction of sp³-hybridized carbons (Fsp3) is 0.429. The van der Waals surface area contributed by atoms with Crippen LogP contribution in [0.3, 0.4) is 0 Å². The molecule has 1 aliphatic heterocycles. The maximum Gasteiger partial charge on any atom is 0.259 e. The van der Waals surface area contributed by atoms with Crippen molar-refractivity contribution in [1.29, 1.82) is 0 Å². The standard InChI is InChI=1S/C28H32N4O2.ClH/c1-2-13-30-27(33)20-9-12-26-23(15-20)24(16-22-14-19-5-3-4-6-25(19)31-22)28(34)32(26)17-18-7-10-21(29)11-8-18;/h1,9,12,14-16,18,21,31H,3-8,10-11,13,17,29H2,(H,30,33);1H/b24-16-;. The number of anilines is 1. The minimum Gasteiger partial charge on any atom is -0.359 e. The Morgan fingerprint density at radius 1 is 1.20 bits per heavy atom. The van der Waals surface area contributed by atoms with Crippen LogP contribution in [-0.4, -0.2) is 35.9 Å². The van der Waals surface area contributed by atoms with Crippen LogP contribution >= 0.6 is 12.4 Å². The van der Waals surface area contributed by atoms with E-state index in [2.05, 4.69) is 22.3 Å². The molecule has 0 spiro atoms. The summed E-state index contributed by atoms with van der Waals surface area (Å²) in [6.07, 6.45) is 15.9. The lowest BCUT2D eigenvalue weighted by atomic mass is 9.86. The number of nitrogens with zero attached hydrogens (tertiary/aromatic N) is 1. The number of carbonyl (C=O) groups excluding carboxylic acids is 2. The summed E-state index contributed by atoms with van der Waals surface area (Å²) in [6, 6.07) is 7.94. The number of aromatic nitrogens is 1. The highest BCUT2D eigenvalue weighted by atomic mass is 35.5. The molecule has 1 aromatic heterocycles. The molecule has 2 aliphatic carbocycles. The van der Waals surface area contributed by atoms with Gasteiger partial charge in [-0.05, 0) is 93.2 Å². The van der Waals surface area contributed by atoms with Crippen molar-refractivity contribution in [2.75, 3.05) is 18.0 Å². The molecule has 5 rings (SSSR count). The zero-order valence-electron chi connectivity index (χ0n) is 19.9. The quantitative estimate of drug-likeness (QED) is 0.433. The minimum atomic E-state index is -0.234. The van der Waals surface area contributed by atoms with E-state index in [1.807, 2.05) is 23.1 Å².